The van der Waals surface area contributed by atoms with Gasteiger partial charge in [0.15, 0.2) is 0 Å². The molecule has 0 aromatic heterocycles. The number of carbonyl (C=O) groups is 3. The monoisotopic (exact) mass is 352 g/mol. The standard InChI is InChI=1S/C20H20N2O4/c1-13(2)22-18(23)17(15-9-6-10-16(11-15)19(24)25)21(20(22)26)12-14-7-4-3-5-8-14/h3-11,13,17H,12H2,1-2H3,(H,24,25). The van der Waals surface area contributed by atoms with Crippen LogP contribution in [-0.2, 0) is 11.3 Å². The van der Waals surface area contributed by atoms with Gasteiger partial charge in [0.2, 0.25) is 0 Å². The number of imide groups is 1. The third-order valence-electron chi connectivity index (χ3n) is 4.40. The van der Waals surface area contributed by atoms with E-state index in [0.29, 0.717) is 5.56 Å². The molecule has 0 radical (unpaired) electrons. The van der Waals surface area contributed by atoms with Gasteiger partial charge >= 0.3 is 12.0 Å². The number of hydrogen-bond acceptors (Lipinski definition) is 3. The van der Waals surface area contributed by atoms with Crippen molar-refractivity contribution in [3.05, 3.63) is 71.3 Å². The minimum absolute atomic E-state index is 0.0883. The Balaban J connectivity index is 2.03. The summed E-state index contributed by atoms with van der Waals surface area (Å²) >= 11 is 0. The molecule has 1 fully saturated rings. The molecule has 1 saturated heterocycles. The maximum Gasteiger partial charge on any atom is 0.335 e. The van der Waals surface area contributed by atoms with Crippen LogP contribution in [0.15, 0.2) is 54.6 Å². The van der Waals surface area contributed by atoms with Crippen molar-refractivity contribution in [2.24, 2.45) is 0 Å². The summed E-state index contributed by atoms with van der Waals surface area (Å²) in [5.41, 5.74) is 1.49. The molecule has 1 N–H and O–H groups in total. The van der Waals surface area contributed by atoms with E-state index in [9.17, 15) is 19.5 Å². The van der Waals surface area contributed by atoms with Crippen LogP contribution in [0.4, 0.5) is 4.79 Å². The van der Waals surface area contributed by atoms with Gasteiger partial charge in [-0.1, -0.05) is 42.5 Å². The van der Waals surface area contributed by atoms with Crippen molar-refractivity contribution in [1.29, 1.82) is 0 Å². The van der Waals surface area contributed by atoms with Crippen LogP contribution in [-0.4, -0.2) is 38.9 Å². The zero-order valence-corrected chi connectivity index (χ0v) is 14.6. The second kappa shape index (κ2) is 7.00. The smallest absolute Gasteiger partial charge is 0.335 e. The summed E-state index contributed by atoms with van der Waals surface area (Å²) in [6.07, 6.45) is 0. The van der Waals surface area contributed by atoms with Crippen molar-refractivity contribution >= 4 is 17.9 Å². The first-order valence-corrected chi connectivity index (χ1v) is 8.41. The summed E-state index contributed by atoms with van der Waals surface area (Å²) in [5, 5.41) is 9.24. The van der Waals surface area contributed by atoms with Crippen molar-refractivity contribution in [2.75, 3.05) is 0 Å². The Morgan fingerprint density at radius 3 is 2.38 bits per heavy atom. The highest BCUT2D eigenvalue weighted by atomic mass is 16.4. The van der Waals surface area contributed by atoms with Crippen molar-refractivity contribution in [3.8, 4) is 0 Å². The van der Waals surface area contributed by atoms with Gasteiger partial charge in [0, 0.05) is 12.6 Å². The fraction of sp³-hybridized carbons (Fsp3) is 0.250. The van der Waals surface area contributed by atoms with Crippen LogP contribution in [0.25, 0.3) is 0 Å². The van der Waals surface area contributed by atoms with Gasteiger partial charge in [-0.3, -0.25) is 9.69 Å². The summed E-state index contributed by atoms with van der Waals surface area (Å²) in [5.74, 6) is -1.40. The quantitative estimate of drug-likeness (QED) is 0.838. The summed E-state index contributed by atoms with van der Waals surface area (Å²) < 4.78 is 0. The minimum atomic E-state index is -1.07. The molecule has 0 aliphatic carbocycles. The molecular weight excluding hydrogens is 332 g/mol. The van der Waals surface area contributed by atoms with E-state index in [4.69, 9.17) is 0 Å². The second-order valence-electron chi connectivity index (χ2n) is 6.53. The van der Waals surface area contributed by atoms with E-state index in [2.05, 4.69) is 0 Å². The minimum Gasteiger partial charge on any atom is -0.478 e. The predicted molar refractivity (Wildman–Crippen MR) is 95.5 cm³/mol. The number of urea groups is 1. The van der Waals surface area contributed by atoms with Crippen LogP contribution in [0.5, 0.6) is 0 Å². The molecule has 0 spiro atoms. The lowest BCUT2D eigenvalue weighted by Gasteiger charge is -2.22. The zero-order chi connectivity index (χ0) is 18.8. The number of hydrogen-bond donors (Lipinski definition) is 1. The first kappa shape index (κ1) is 17.7. The fourth-order valence-corrected chi connectivity index (χ4v) is 3.19. The van der Waals surface area contributed by atoms with Crippen molar-refractivity contribution in [3.63, 3.8) is 0 Å². The van der Waals surface area contributed by atoms with Crippen LogP contribution in [0.1, 0.15) is 41.4 Å². The second-order valence-corrected chi connectivity index (χ2v) is 6.53. The van der Waals surface area contributed by atoms with Gasteiger partial charge in [-0.25, -0.2) is 9.59 Å². The largest absolute Gasteiger partial charge is 0.478 e. The van der Waals surface area contributed by atoms with E-state index in [1.165, 1.54) is 21.9 Å². The van der Waals surface area contributed by atoms with Crippen molar-refractivity contribution in [1.82, 2.24) is 9.80 Å². The molecule has 134 valence electrons. The van der Waals surface area contributed by atoms with Crippen LogP contribution in [0.2, 0.25) is 0 Å². The van der Waals surface area contributed by atoms with Crippen molar-refractivity contribution in [2.45, 2.75) is 32.5 Å². The molecule has 26 heavy (non-hydrogen) atoms. The number of rotatable bonds is 5. The summed E-state index contributed by atoms with van der Waals surface area (Å²) in [7, 11) is 0. The van der Waals surface area contributed by atoms with Gasteiger partial charge < -0.3 is 10.0 Å². The van der Waals surface area contributed by atoms with Gasteiger partial charge in [0.1, 0.15) is 6.04 Å². The van der Waals surface area contributed by atoms with E-state index in [1.54, 1.807) is 26.0 Å². The summed E-state index contributed by atoms with van der Waals surface area (Å²) in [6, 6.07) is 14.1. The average Bonchev–Trinajstić information content (AvgIpc) is 2.86. The third kappa shape index (κ3) is 3.18. The summed E-state index contributed by atoms with van der Waals surface area (Å²) in [6.45, 7) is 3.84. The Bertz CT molecular complexity index is 848. The normalized spacial score (nSPS) is 17.3. The molecule has 2 aromatic carbocycles. The maximum atomic E-state index is 13.0. The van der Waals surface area contributed by atoms with E-state index in [-0.39, 0.29) is 30.1 Å². The topological polar surface area (TPSA) is 77.9 Å². The van der Waals surface area contributed by atoms with Crippen LogP contribution in [0, 0.1) is 0 Å². The molecule has 0 bridgehead atoms. The average molecular weight is 352 g/mol. The Hall–Kier alpha value is -3.15. The Morgan fingerprint density at radius 2 is 1.77 bits per heavy atom. The lowest BCUT2D eigenvalue weighted by Crippen LogP contribution is -2.37. The Kier molecular flexibility index (Phi) is 4.75. The van der Waals surface area contributed by atoms with Gasteiger partial charge in [-0.15, -0.1) is 0 Å². The summed E-state index contributed by atoms with van der Waals surface area (Å²) in [4.78, 5) is 39.9. The number of nitrogens with zero attached hydrogens (tertiary/aromatic N) is 2. The van der Waals surface area contributed by atoms with Crippen LogP contribution >= 0.6 is 0 Å². The molecule has 3 amide bonds. The predicted octanol–water partition coefficient (Wildman–Crippen LogP) is 3.30. The Labute approximate surface area is 151 Å². The lowest BCUT2D eigenvalue weighted by molar-refractivity contribution is -0.129. The molecular formula is C20H20N2O4. The SMILES string of the molecule is CC(C)N1C(=O)C(c2cccc(C(=O)O)c2)N(Cc2ccccc2)C1=O. The Morgan fingerprint density at radius 1 is 1.08 bits per heavy atom. The fourth-order valence-electron chi connectivity index (χ4n) is 3.19. The molecule has 1 atom stereocenters. The number of aromatic carboxylic acids is 1. The first-order valence-electron chi connectivity index (χ1n) is 8.41. The molecule has 6 heteroatoms. The molecule has 1 aliphatic rings. The molecule has 1 aliphatic heterocycles. The van der Waals surface area contributed by atoms with Gasteiger partial charge in [0.25, 0.3) is 5.91 Å². The van der Waals surface area contributed by atoms with Gasteiger partial charge in [0.05, 0.1) is 5.56 Å². The van der Waals surface area contributed by atoms with Gasteiger partial charge in [-0.2, -0.15) is 0 Å². The maximum absolute atomic E-state index is 13.0. The number of benzene rings is 2. The van der Waals surface area contributed by atoms with Crippen molar-refractivity contribution < 1.29 is 19.5 Å². The zero-order valence-electron chi connectivity index (χ0n) is 14.6. The molecule has 6 nitrogen and oxygen atoms in total. The van der Waals surface area contributed by atoms with E-state index in [1.807, 2.05) is 30.3 Å². The third-order valence-corrected chi connectivity index (χ3v) is 4.40. The highest BCUT2D eigenvalue weighted by Crippen LogP contribution is 2.34. The number of amides is 3. The molecule has 2 aromatic rings. The molecule has 1 heterocycles. The van der Waals surface area contributed by atoms with E-state index < -0.39 is 12.0 Å². The number of carbonyl (C=O) groups excluding carboxylic acids is 2. The van der Waals surface area contributed by atoms with Gasteiger partial charge in [-0.05, 0) is 37.1 Å². The molecule has 1 unspecified atom stereocenters. The molecule has 3 rings (SSSR count). The highest BCUT2D eigenvalue weighted by molar-refractivity contribution is 6.05. The molecule has 0 saturated carbocycles. The highest BCUT2D eigenvalue weighted by Gasteiger charge is 2.46. The number of carboxylic acids is 1. The van der Waals surface area contributed by atoms with Crippen LogP contribution in [0.3, 0.4) is 0 Å². The van der Waals surface area contributed by atoms with E-state index >= 15 is 0 Å². The number of carboxylic acid groups (broad SMARTS) is 1. The van der Waals surface area contributed by atoms with E-state index in [0.717, 1.165) is 5.56 Å². The first-order chi connectivity index (χ1) is 12.4. The lowest BCUT2D eigenvalue weighted by atomic mass is 10.0. The van der Waals surface area contributed by atoms with Crippen LogP contribution < -0.4 is 0 Å².